The molecular formula is C33H35N3O7. The molecule has 1 heterocycles. The predicted molar refractivity (Wildman–Crippen MR) is 159 cm³/mol. The first kappa shape index (κ1) is 31.0. The second-order valence-electron chi connectivity index (χ2n) is 10.7. The molecule has 0 bridgehead atoms. The number of carboxylic acid groups (broad SMARTS) is 2. The molecule has 224 valence electrons. The average molecular weight is 586 g/mol. The molecule has 4 rings (SSSR count). The molecule has 2 atom stereocenters. The summed E-state index contributed by atoms with van der Waals surface area (Å²) < 4.78 is 0. The minimum Gasteiger partial charge on any atom is -0.481 e. The predicted octanol–water partition coefficient (Wildman–Crippen LogP) is 3.42. The van der Waals surface area contributed by atoms with E-state index in [4.69, 9.17) is 5.11 Å². The lowest BCUT2D eigenvalue weighted by Gasteiger charge is -2.27. The van der Waals surface area contributed by atoms with Crippen LogP contribution in [0.4, 0.5) is 0 Å². The Labute approximate surface area is 249 Å². The van der Waals surface area contributed by atoms with Gasteiger partial charge in [0.15, 0.2) is 0 Å². The van der Waals surface area contributed by atoms with Crippen LogP contribution in [0.1, 0.15) is 53.2 Å². The zero-order valence-electron chi connectivity index (χ0n) is 23.9. The lowest BCUT2D eigenvalue weighted by atomic mass is 9.97. The van der Waals surface area contributed by atoms with Crippen molar-refractivity contribution in [2.45, 2.75) is 57.7 Å². The number of carbonyl (C=O) groups excluding carboxylic acids is 3. The average Bonchev–Trinajstić information content (AvgIpc) is 3.14. The normalized spacial score (nSPS) is 15.7. The molecule has 0 radical (unpaired) electrons. The van der Waals surface area contributed by atoms with Gasteiger partial charge in [-0.25, -0.2) is 4.79 Å². The van der Waals surface area contributed by atoms with E-state index in [1.54, 1.807) is 4.90 Å². The highest BCUT2D eigenvalue weighted by atomic mass is 16.4. The molecular weight excluding hydrogens is 550 g/mol. The number of nitrogens with one attached hydrogen (secondary N) is 2. The maximum atomic E-state index is 13.5. The number of likely N-dealkylation sites (tertiary alicyclic amines) is 1. The van der Waals surface area contributed by atoms with E-state index in [1.807, 2.05) is 54.6 Å². The Morgan fingerprint density at radius 2 is 1.58 bits per heavy atom. The van der Waals surface area contributed by atoms with Gasteiger partial charge in [0, 0.05) is 26.4 Å². The van der Waals surface area contributed by atoms with Crippen molar-refractivity contribution in [2.24, 2.45) is 0 Å². The van der Waals surface area contributed by atoms with Crippen LogP contribution < -0.4 is 10.6 Å². The standard InChI is InChI=1S/C33H35N3O7/c1-21(37)34-29(18-23-12-15-26(19-30(38)39)27(17-23)33(42)43)31(40)35-28-9-5-6-16-36(32(28)41)20-22-10-13-25(14-11-22)24-7-3-2-4-8-24/h2-4,7-8,10-15,17,28-29H,5-6,9,16,18-20H2,1H3,(H,34,37)(H,35,40)(H,38,39)(H,42,43)/t28-,29+/m1/s1. The van der Waals surface area contributed by atoms with E-state index >= 15 is 0 Å². The topological polar surface area (TPSA) is 153 Å². The Hall–Kier alpha value is -4.99. The van der Waals surface area contributed by atoms with Gasteiger partial charge in [-0.1, -0.05) is 66.7 Å². The van der Waals surface area contributed by atoms with E-state index in [-0.39, 0.29) is 23.5 Å². The molecule has 1 aliphatic rings. The van der Waals surface area contributed by atoms with Gasteiger partial charge in [0.25, 0.3) is 0 Å². The number of carboxylic acids is 2. The van der Waals surface area contributed by atoms with E-state index in [1.165, 1.54) is 25.1 Å². The van der Waals surface area contributed by atoms with Gasteiger partial charge < -0.3 is 25.7 Å². The Morgan fingerprint density at radius 3 is 2.23 bits per heavy atom. The highest BCUT2D eigenvalue weighted by molar-refractivity contribution is 5.93. The number of benzene rings is 3. The van der Waals surface area contributed by atoms with Gasteiger partial charge in [0.1, 0.15) is 12.1 Å². The molecule has 10 nitrogen and oxygen atoms in total. The van der Waals surface area contributed by atoms with Gasteiger partial charge in [0.05, 0.1) is 12.0 Å². The third-order valence-corrected chi connectivity index (χ3v) is 7.41. The number of rotatable bonds is 11. The summed E-state index contributed by atoms with van der Waals surface area (Å²) in [6, 6.07) is 20.4. The van der Waals surface area contributed by atoms with Crippen molar-refractivity contribution in [1.29, 1.82) is 0 Å². The number of amides is 3. The van der Waals surface area contributed by atoms with Gasteiger partial charge in [-0.15, -0.1) is 0 Å². The molecule has 1 aliphatic heterocycles. The first-order valence-corrected chi connectivity index (χ1v) is 14.2. The van der Waals surface area contributed by atoms with Gasteiger partial charge >= 0.3 is 11.9 Å². The summed E-state index contributed by atoms with van der Waals surface area (Å²) in [7, 11) is 0. The van der Waals surface area contributed by atoms with E-state index < -0.39 is 42.3 Å². The summed E-state index contributed by atoms with van der Waals surface area (Å²) in [4.78, 5) is 63.5. The first-order chi connectivity index (χ1) is 20.6. The van der Waals surface area contributed by atoms with Gasteiger partial charge in [-0.3, -0.25) is 19.2 Å². The highest BCUT2D eigenvalue weighted by Crippen LogP contribution is 2.22. The Balaban J connectivity index is 1.45. The van der Waals surface area contributed by atoms with E-state index in [0.29, 0.717) is 25.1 Å². The number of hydrogen-bond donors (Lipinski definition) is 4. The van der Waals surface area contributed by atoms with Crippen molar-refractivity contribution in [3.05, 3.63) is 95.1 Å². The third-order valence-electron chi connectivity index (χ3n) is 7.41. The molecule has 43 heavy (non-hydrogen) atoms. The van der Waals surface area contributed by atoms with Crippen LogP contribution in [0.5, 0.6) is 0 Å². The SMILES string of the molecule is CC(=O)N[C@@H](Cc1ccc(CC(=O)O)c(C(=O)O)c1)C(=O)N[C@@H]1CCCCN(Cc2ccc(-c3ccccc3)cc2)C1=O. The summed E-state index contributed by atoms with van der Waals surface area (Å²) in [6.45, 7) is 2.22. The fourth-order valence-electron chi connectivity index (χ4n) is 5.28. The molecule has 3 amide bonds. The van der Waals surface area contributed by atoms with Crippen molar-refractivity contribution >= 4 is 29.7 Å². The number of carbonyl (C=O) groups is 5. The summed E-state index contributed by atoms with van der Waals surface area (Å²) >= 11 is 0. The molecule has 1 fully saturated rings. The third kappa shape index (κ3) is 8.51. The lowest BCUT2D eigenvalue weighted by Crippen LogP contribution is -2.54. The molecule has 3 aromatic carbocycles. The second-order valence-corrected chi connectivity index (χ2v) is 10.7. The fourth-order valence-corrected chi connectivity index (χ4v) is 5.28. The van der Waals surface area contributed by atoms with Crippen LogP contribution in [0.25, 0.3) is 11.1 Å². The zero-order chi connectivity index (χ0) is 30.9. The monoisotopic (exact) mass is 585 g/mol. The van der Waals surface area contributed by atoms with Crippen molar-refractivity contribution in [3.63, 3.8) is 0 Å². The number of aromatic carboxylic acids is 1. The molecule has 0 aromatic heterocycles. The van der Waals surface area contributed by atoms with Crippen molar-refractivity contribution < 1.29 is 34.2 Å². The largest absolute Gasteiger partial charge is 0.481 e. The molecule has 0 spiro atoms. The maximum Gasteiger partial charge on any atom is 0.335 e. The molecule has 10 heteroatoms. The molecule has 0 aliphatic carbocycles. The molecule has 4 N–H and O–H groups in total. The maximum absolute atomic E-state index is 13.5. The molecule has 1 saturated heterocycles. The van der Waals surface area contributed by atoms with Gasteiger partial charge in [0.2, 0.25) is 17.7 Å². The number of nitrogens with zero attached hydrogens (tertiary/aromatic N) is 1. The fraction of sp³-hybridized carbons (Fsp3) is 0.303. The Morgan fingerprint density at radius 1 is 0.907 bits per heavy atom. The summed E-state index contributed by atoms with van der Waals surface area (Å²) in [5.74, 6) is -3.69. The van der Waals surface area contributed by atoms with E-state index in [9.17, 15) is 29.1 Å². The van der Waals surface area contributed by atoms with Crippen molar-refractivity contribution in [1.82, 2.24) is 15.5 Å². The second kappa shape index (κ2) is 14.3. The van der Waals surface area contributed by atoms with E-state index in [2.05, 4.69) is 10.6 Å². The smallest absolute Gasteiger partial charge is 0.335 e. The molecule has 0 unspecified atom stereocenters. The van der Waals surface area contributed by atoms with Crippen LogP contribution in [-0.2, 0) is 38.6 Å². The van der Waals surface area contributed by atoms with E-state index in [0.717, 1.165) is 29.5 Å². The Bertz CT molecular complexity index is 1490. The minimum atomic E-state index is -1.29. The van der Waals surface area contributed by atoms with Crippen LogP contribution in [-0.4, -0.2) is 63.4 Å². The van der Waals surface area contributed by atoms with Gasteiger partial charge in [-0.05, 0) is 53.1 Å². The molecule has 3 aromatic rings. The number of hydrogen-bond acceptors (Lipinski definition) is 5. The van der Waals surface area contributed by atoms with Crippen molar-refractivity contribution in [3.8, 4) is 11.1 Å². The Kier molecular flexibility index (Phi) is 10.3. The summed E-state index contributed by atoms with van der Waals surface area (Å²) in [5.41, 5.74) is 3.51. The van der Waals surface area contributed by atoms with Crippen LogP contribution in [0.15, 0.2) is 72.8 Å². The van der Waals surface area contributed by atoms with Crippen LogP contribution in [0.3, 0.4) is 0 Å². The van der Waals surface area contributed by atoms with Crippen molar-refractivity contribution in [2.75, 3.05) is 6.54 Å². The minimum absolute atomic E-state index is 0.0442. The summed E-state index contributed by atoms with van der Waals surface area (Å²) in [6.07, 6.45) is 1.47. The first-order valence-electron chi connectivity index (χ1n) is 14.2. The molecule has 0 saturated carbocycles. The van der Waals surface area contributed by atoms with Crippen LogP contribution >= 0.6 is 0 Å². The van der Waals surface area contributed by atoms with Crippen LogP contribution in [0.2, 0.25) is 0 Å². The summed E-state index contributed by atoms with van der Waals surface area (Å²) in [5, 5.41) is 24.1. The highest BCUT2D eigenvalue weighted by Gasteiger charge is 2.31. The lowest BCUT2D eigenvalue weighted by molar-refractivity contribution is -0.137. The zero-order valence-corrected chi connectivity index (χ0v) is 23.9. The number of aliphatic carboxylic acids is 1. The quantitative estimate of drug-likeness (QED) is 0.269. The van der Waals surface area contributed by atoms with Gasteiger partial charge in [-0.2, -0.15) is 0 Å². The van der Waals surface area contributed by atoms with Crippen LogP contribution in [0, 0.1) is 0 Å².